The third kappa shape index (κ3) is 3.53. The molecule has 1 aromatic heterocycles. The second kappa shape index (κ2) is 7.35. The number of nitriles is 1. The minimum atomic E-state index is -0.579. The largest absolute Gasteiger partial charge is 0.493 e. The van der Waals surface area contributed by atoms with E-state index in [0.717, 1.165) is 4.57 Å². The molecule has 0 amide bonds. The van der Waals surface area contributed by atoms with Gasteiger partial charge in [0.1, 0.15) is 11.6 Å². The van der Waals surface area contributed by atoms with Crippen LogP contribution in [0.3, 0.4) is 0 Å². The predicted molar refractivity (Wildman–Crippen MR) is 89.4 cm³/mol. The second-order valence-electron chi connectivity index (χ2n) is 5.22. The summed E-state index contributed by atoms with van der Waals surface area (Å²) in [6, 6.07) is 7.33. The van der Waals surface area contributed by atoms with Gasteiger partial charge < -0.3 is 5.11 Å². The molecule has 0 unspecified atom stereocenters. The summed E-state index contributed by atoms with van der Waals surface area (Å²) >= 11 is 0. The molecular weight excluding hydrogens is 326 g/mol. The highest BCUT2D eigenvalue weighted by Crippen LogP contribution is 2.27. The molecule has 1 heterocycles. The van der Waals surface area contributed by atoms with E-state index in [2.05, 4.69) is 10.2 Å². The van der Waals surface area contributed by atoms with Crippen LogP contribution in [0.4, 0.5) is 17.1 Å². The fourth-order valence-electron chi connectivity index (χ4n) is 2.26. The van der Waals surface area contributed by atoms with E-state index >= 15 is 0 Å². The van der Waals surface area contributed by atoms with E-state index in [1.165, 1.54) is 31.2 Å². The number of nitro groups is 1. The molecule has 0 radical (unpaired) electrons. The lowest BCUT2D eigenvalue weighted by molar-refractivity contribution is -0.384. The fourth-order valence-corrected chi connectivity index (χ4v) is 2.26. The SMILES string of the molecule is CCCn1c(O)c(C#N)c(C)c(N=Nc2cccc([N+](=O)[O-])c2)c1=O. The van der Waals surface area contributed by atoms with Crippen molar-refractivity contribution in [2.75, 3.05) is 0 Å². The Kier molecular flexibility index (Phi) is 5.24. The summed E-state index contributed by atoms with van der Waals surface area (Å²) in [7, 11) is 0. The van der Waals surface area contributed by atoms with Gasteiger partial charge in [-0.1, -0.05) is 13.0 Å². The van der Waals surface area contributed by atoms with Gasteiger partial charge in [-0.2, -0.15) is 10.4 Å². The molecule has 9 nitrogen and oxygen atoms in total. The van der Waals surface area contributed by atoms with E-state index < -0.39 is 16.4 Å². The summed E-state index contributed by atoms with van der Waals surface area (Å²) in [6.45, 7) is 3.53. The van der Waals surface area contributed by atoms with Gasteiger partial charge in [0.2, 0.25) is 5.88 Å². The van der Waals surface area contributed by atoms with Gasteiger partial charge in [0, 0.05) is 24.2 Å². The maximum absolute atomic E-state index is 12.5. The molecule has 1 aromatic carbocycles. The van der Waals surface area contributed by atoms with Crippen LogP contribution < -0.4 is 5.56 Å². The Labute approximate surface area is 142 Å². The van der Waals surface area contributed by atoms with Crippen molar-refractivity contribution in [3.63, 3.8) is 0 Å². The summed E-state index contributed by atoms with van der Waals surface area (Å²) < 4.78 is 1.06. The Bertz CT molecular complexity index is 956. The number of aromatic nitrogens is 1. The average Bonchev–Trinajstić information content (AvgIpc) is 2.59. The first-order valence-electron chi connectivity index (χ1n) is 7.43. The number of nitrogens with zero attached hydrogens (tertiary/aromatic N) is 5. The smallest absolute Gasteiger partial charge is 0.281 e. The highest BCUT2D eigenvalue weighted by Gasteiger charge is 2.18. The zero-order valence-corrected chi connectivity index (χ0v) is 13.6. The Morgan fingerprint density at radius 2 is 2.12 bits per heavy atom. The van der Waals surface area contributed by atoms with Crippen molar-refractivity contribution in [2.45, 2.75) is 26.8 Å². The van der Waals surface area contributed by atoms with Crippen LogP contribution >= 0.6 is 0 Å². The minimum Gasteiger partial charge on any atom is -0.493 e. The van der Waals surface area contributed by atoms with Crippen LogP contribution in [0, 0.1) is 28.4 Å². The molecule has 0 saturated carbocycles. The van der Waals surface area contributed by atoms with Gasteiger partial charge in [-0.25, -0.2) is 0 Å². The lowest BCUT2D eigenvalue weighted by atomic mass is 10.1. The number of nitro benzene ring substituents is 1. The summed E-state index contributed by atoms with van der Waals surface area (Å²) in [5.41, 5.74) is -0.478. The Balaban J connectivity index is 2.58. The molecule has 25 heavy (non-hydrogen) atoms. The van der Waals surface area contributed by atoms with Crippen LogP contribution in [0.25, 0.3) is 0 Å². The molecule has 0 fully saturated rings. The second-order valence-corrected chi connectivity index (χ2v) is 5.22. The van der Waals surface area contributed by atoms with Gasteiger partial charge in [0.05, 0.1) is 10.6 Å². The number of rotatable bonds is 5. The van der Waals surface area contributed by atoms with Crippen molar-refractivity contribution in [1.82, 2.24) is 4.57 Å². The van der Waals surface area contributed by atoms with Crippen molar-refractivity contribution < 1.29 is 10.0 Å². The first kappa shape index (κ1) is 17.8. The highest BCUT2D eigenvalue weighted by atomic mass is 16.6. The van der Waals surface area contributed by atoms with Crippen LogP contribution in [0.15, 0.2) is 39.3 Å². The molecule has 0 aliphatic rings. The Morgan fingerprint density at radius 3 is 2.72 bits per heavy atom. The molecule has 128 valence electrons. The Hall–Kier alpha value is -3.54. The van der Waals surface area contributed by atoms with E-state index in [4.69, 9.17) is 0 Å². The first-order valence-corrected chi connectivity index (χ1v) is 7.43. The summed E-state index contributed by atoms with van der Waals surface area (Å²) in [4.78, 5) is 22.7. The maximum atomic E-state index is 12.5. The van der Waals surface area contributed by atoms with Gasteiger partial charge in [-0.15, -0.1) is 5.11 Å². The van der Waals surface area contributed by atoms with E-state index in [0.29, 0.717) is 6.42 Å². The molecule has 1 N–H and O–H groups in total. The van der Waals surface area contributed by atoms with Crippen molar-refractivity contribution in [2.24, 2.45) is 10.2 Å². The van der Waals surface area contributed by atoms with Crippen molar-refractivity contribution in [3.05, 3.63) is 55.9 Å². The third-order valence-electron chi connectivity index (χ3n) is 3.52. The fraction of sp³-hybridized carbons (Fsp3) is 0.250. The molecule has 0 saturated heterocycles. The number of benzene rings is 1. The lowest BCUT2D eigenvalue weighted by Gasteiger charge is -2.11. The van der Waals surface area contributed by atoms with Crippen LogP contribution in [0.1, 0.15) is 24.5 Å². The minimum absolute atomic E-state index is 0.0546. The number of pyridine rings is 1. The number of hydrogen-bond donors (Lipinski definition) is 1. The Morgan fingerprint density at radius 1 is 1.40 bits per heavy atom. The van der Waals surface area contributed by atoms with E-state index in [1.54, 1.807) is 0 Å². The van der Waals surface area contributed by atoms with Gasteiger partial charge in [-0.05, 0) is 19.4 Å². The molecule has 9 heteroatoms. The quantitative estimate of drug-likeness (QED) is 0.505. The molecule has 0 spiro atoms. The molecule has 0 aliphatic heterocycles. The summed E-state index contributed by atoms with van der Waals surface area (Å²) in [5, 5.41) is 37.8. The molecule has 0 atom stereocenters. The number of hydrogen-bond acceptors (Lipinski definition) is 7. The molecule has 2 rings (SSSR count). The van der Waals surface area contributed by atoms with Crippen molar-refractivity contribution in [1.29, 1.82) is 5.26 Å². The van der Waals surface area contributed by atoms with Crippen LogP contribution in [0.5, 0.6) is 5.88 Å². The van der Waals surface area contributed by atoms with E-state index in [-0.39, 0.29) is 34.7 Å². The monoisotopic (exact) mass is 341 g/mol. The number of non-ortho nitro benzene ring substituents is 1. The zero-order chi connectivity index (χ0) is 18.6. The van der Waals surface area contributed by atoms with Crippen LogP contribution in [0.2, 0.25) is 0 Å². The molecule has 0 aliphatic carbocycles. The average molecular weight is 341 g/mol. The standard InChI is InChI=1S/C16H15N5O4/c1-3-7-20-15(22)13(9-17)10(2)14(16(20)23)19-18-11-5-4-6-12(8-11)21(24)25/h4-6,8,22H,3,7H2,1-2H3. The topological polar surface area (TPSA) is 134 Å². The van der Waals surface area contributed by atoms with Crippen LogP contribution in [-0.2, 0) is 6.54 Å². The molecular formula is C16H15N5O4. The van der Waals surface area contributed by atoms with Gasteiger partial charge in [0.15, 0.2) is 5.69 Å². The first-order chi connectivity index (χ1) is 11.9. The van der Waals surface area contributed by atoms with Gasteiger partial charge >= 0.3 is 0 Å². The highest BCUT2D eigenvalue weighted by molar-refractivity contribution is 5.57. The van der Waals surface area contributed by atoms with Gasteiger partial charge in [-0.3, -0.25) is 19.5 Å². The third-order valence-corrected chi connectivity index (χ3v) is 3.52. The number of aromatic hydroxyl groups is 1. The lowest BCUT2D eigenvalue weighted by Crippen LogP contribution is -2.21. The van der Waals surface area contributed by atoms with Crippen LogP contribution in [-0.4, -0.2) is 14.6 Å². The van der Waals surface area contributed by atoms with Crippen molar-refractivity contribution >= 4 is 17.1 Å². The van der Waals surface area contributed by atoms with Crippen molar-refractivity contribution in [3.8, 4) is 11.9 Å². The predicted octanol–water partition coefficient (Wildman–Crippen LogP) is 3.47. The molecule has 2 aromatic rings. The normalized spacial score (nSPS) is 10.8. The molecule has 0 bridgehead atoms. The number of azo groups is 1. The van der Waals surface area contributed by atoms with E-state index in [9.17, 15) is 25.3 Å². The zero-order valence-electron chi connectivity index (χ0n) is 13.6. The van der Waals surface area contributed by atoms with E-state index in [1.807, 2.05) is 13.0 Å². The maximum Gasteiger partial charge on any atom is 0.281 e. The summed E-state index contributed by atoms with van der Waals surface area (Å²) in [6.07, 6.45) is 0.572. The van der Waals surface area contributed by atoms with Gasteiger partial charge in [0.25, 0.3) is 11.2 Å². The summed E-state index contributed by atoms with van der Waals surface area (Å²) in [5.74, 6) is -0.402.